The van der Waals surface area contributed by atoms with Crippen LogP contribution in [0.15, 0.2) is 24.3 Å². The summed E-state index contributed by atoms with van der Waals surface area (Å²) in [6, 6.07) is 5.38. The van der Waals surface area contributed by atoms with Crippen molar-refractivity contribution in [2.24, 2.45) is 5.73 Å². The Bertz CT molecular complexity index is 566. The van der Waals surface area contributed by atoms with E-state index in [4.69, 9.17) is 22.7 Å². The van der Waals surface area contributed by atoms with Crippen molar-refractivity contribution in [3.8, 4) is 0 Å². The van der Waals surface area contributed by atoms with Gasteiger partial charge in [0.25, 0.3) is 5.69 Å². The molecule has 1 atom stereocenters. The molecule has 22 heavy (non-hydrogen) atoms. The quantitative estimate of drug-likeness (QED) is 0.489. The largest absolute Gasteiger partial charge is 0.444 e. The van der Waals surface area contributed by atoms with E-state index in [9.17, 15) is 14.9 Å². The van der Waals surface area contributed by atoms with Crippen LogP contribution in [-0.2, 0) is 11.2 Å². The van der Waals surface area contributed by atoms with Gasteiger partial charge in [0, 0.05) is 12.1 Å². The van der Waals surface area contributed by atoms with Crippen LogP contribution in [0.4, 0.5) is 10.5 Å². The zero-order chi connectivity index (χ0) is 16.9. The fraction of sp³-hybridized carbons (Fsp3) is 0.429. The molecule has 1 aromatic rings. The van der Waals surface area contributed by atoms with Crippen LogP contribution in [0.3, 0.4) is 0 Å². The average molecular weight is 325 g/mol. The lowest BCUT2D eigenvalue weighted by atomic mass is 10.1. The first-order chi connectivity index (χ1) is 10.1. The standard InChI is InChI=1S/C14H19N3O4S/c1-14(2,3)21-13(18)16-11(12(15)22)8-9-4-6-10(7-5-9)17(19)20/h4-7,11H,8H2,1-3H3,(H2,15,22)(H,16,18)/t11-/m1/s1. The van der Waals surface area contributed by atoms with Crippen molar-refractivity contribution >= 4 is 29.0 Å². The van der Waals surface area contributed by atoms with Crippen molar-refractivity contribution in [3.63, 3.8) is 0 Å². The van der Waals surface area contributed by atoms with Gasteiger partial charge in [-0.2, -0.15) is 0 Å². The molecule has 0 fully saturated rings. The van der Waals surface area contributed by atoms with Gasteiger partial charge in [0.2, 0.25) is 0 Å². The number of hydrogen-bond acceptors (Lipinski definition) is 5. The second-order valence-electron chi connectivity index (χ2n) is 5.73. The smallest absolute Gasteiger partial charge is 0.408 e. The highest BCUT2D eigenvalue weighted by molar-refractivity contribution is 7.80. The van der Waals surface area contributed by atoms with Gasteiger partial charge in [-0.15, -0.1) is 0 Å². The number of nitro benzene ring substituents is 1. The Morgan fingerprint density at radius 1 is 1.41 bits per heavy atom. The van der Waals surface area contributed by atoms with E-state index < -0.39 is 22.7 Å². The minimum Gasteiger partial charge on any atom is -0.444 e. The van der Waals surface area contributed by atoms with E-state index in [1.165, 1.54) is 12.1 Å². The van der Waals surface area contributed by atoms with Gasteiger partial charge < -0.3 is 15.8 Å². The molecule has 0 spiro atoms. The maximum absolute atomic E-state index is 11.8. The molecule has 0 aromatic heterocycles. The summed E-state index contributed by atoms with van der Waals surface area (Å²) < 4.78 is 5.15. The minimum absolute atomic E-state index is 0.00396. The second kappa shape index (κ2) is 7.17. The Kier molecular flexibility index (Phi) is 5.81. The number of rotatable bonds is 5. The van der Waals surface area contributed by atoms with Gasteiger partial charge in [-0.1, -0.05) is 24.4 Å². The number of hydrogen-bond donors (Lipinski definition) is 2. The highest BCUT2D eigenvalue weighted by Gasteiger charge is 2.21. The lowest BCUT2D eigenvalue weighted by molar-refractivity contribution is -0.384. The molecule has 0 heterocycles. The molecule has 120 valence electrons. The highest BCUT2D eigenvalue weighted by atomic mass is 32.1. The molecule has 0 aliphatic carbocycles. The van der Waals surface area contributed by atoms with Crippen molar-refractivity contribution in [1.82, 2.24) is 5.32 Å². The van der Waals surface area contributed by atoms with Crippen molar-refractivity contribution in [2.75, 3.05) is 0 Å². The Labute approximate surface area is 134 Å². The summed E-state index contributed by atoms with van der Waals surface area (Å²) in [6.45, 7) is 5.25. The SMILES string of the molecule is CC(C)(C)OC(=O)N[C@H](Cc1ccc([N+](=O)[O-])cc1)C(N)=S. The molecule has 0 aliphatic rings. The molecule has 0 radical (unpaired) electrons. The first-order valence-electron chi connectivity index (χ1n) is 6.60. The molecule has 0 unspecified atom stereocenters. The number of amides is 1. The van der Waals surface area contributed by atoms with Gasteiger partial charge in [0.05, 0.1) is 16.0 Å². The summed E-state index contributed by atoms with van der Waals surface area (Å²) in [6.07, 6.45) is -0.292. The molecule has 0 bridgehead atoms. The van der Waals surface area contributed by atoms with Crippen LogP contribution in [0.5, 0.6) is 0 Å². The number of nitrogens with two attached hydrogens (primary N) is 1. The predicted molar refractivity (Wildman–Crippen MR) is 86.7 cm³/mol. The Hall–Kier alpha value is -2.22. The Balaban J connectivity index is 2.74. The molecule has 0 saturated heterocycles. The number of carbonyl (C=O) groups excluding carboxylic acids is 1. The third-order valence-corrected chi connectivity index (χ3v) is 2.91. The van der Waals surface area contributed by atoms with Gasteiger partial charge >= 0.3 is 6.09 Å². The predicted octanol–water partition coefficient (Wildman–Crippen LogP) is 2.32. The molecule has 0 aliphatic heterocycles. The number of nitrogens with one attached hydrogen (secondary N) is 1. The zero-order valence-corrected chi connectivity index (χ0v) is 13.5. The van der Waals surface area contributed by atoms with Crippen LogP contribution in [0.2, 0.25) is 0 Å². The number of nitro groups is 1. The van der Waals surface area contributed by atoms with E-state index in [0.29, 0.717) is 6.42 Å². The molecule has 7 nitrogen and oxygen atoms in total. The molecule has 8 heteroatoms. The third kappa shape index (κ3) is 6.04. The molecule has 1 amide bonds. The number of non-ortho nitro benzene ring substituents is 1. The van der Waals surface area contributed by atoms with Crippen LogP contribution in [-0.4, -0.2) is 27.6 Å². The summed E-state index contributed by atoms with van der Waals surface area (Å²) in [5.41, 5.74) is 5.76. The van der Waals surface area contributed by atoms with Crippen LogP contribution < -0.4 is 11.1 Å². The van der Waals surface area contributed by atoms with Crippen molar-refractivity contribution in [1.29, 1.82) is 0 Å². The van der Waals surface area contributed by atoms with E-state index in [-0.39, 0.29) is 10.7 Å². The average Bonchev–Trinajstić information content (AvgIpc) is 2.36. The maximum atomic E-state index is 11.8. The van der Waals surface area contributed by atoms with Gasteiger partial charge in [-0.25, -0.2) is 4.79 Å². The van der Waals surface area contributed by atoms with Gasteiger partial charge in [-0.3, -0.25) is 10.1 Å². The normalized spacial score (nSPS) is 12.3. The minimum atomic E-state index is -0.627. The second-order valence-corrected chi connectivity index (χ2v) is 6.20. The van der Waals surface area contributed by atoms with Gasteiger partial charge in [-0.05, 0) is 32.8 Å². The number of nitrogens with zero attached hydrogens (tertiary/aromatic N) is 1. The molecule has 3 N–H and O–H groups in total. The number of carbonyl (C=O) groups is 1. The molecule has 1 aromatic carbocycles. The molecular formula is C14H19N3O4S. The summed E-state index contributed by atoms with van der Waals surface area (Å²) >= 11 is 4.94. The van der Waals surface area contributed by atoms with Gasteiger partial charge in [0.1, 0.15) is 5.60 Å². The summed E-state index contributed by atoms with van der Waals surface area (Å²) in [7, 11) is 0. The third-order valence-electron chi connectivity index (χ3n) is 2.62. The monoisotopic (exact) mass is 325 g/mol. The number of ether oxygens (including phenoxy) is 1. The van der Waals surface area contributed by atoms with Crippen molar-refractivity contribution in [2.45, 2.75) is 38.8 Å². The topological polar surface area (TPSA) is 107 Å². The number of thiocarbonyl (C=S) groups is 1. The summed E-state index contributed by atoms with van der Waals surface area (Å²) in [4.78, 5) is 22.0. The maximum Gasteiger partial charge on any atom is 0.408 e. The lowest BCUT2D eigenvalue weighted by Gasteiger charge is -2.23. The van der Waals surface area contributed by atoms with E-state index in [2.05, 4.69) is 5.32 Å². The lowest BCUT2D eigenvalue weighted by Crippen LogP contribution is -2.46. The van der Waals surface area contributed by atoms with E-state index >= 15 is 0 Å². The van der Waals surface area contributed by atoms with Gasteiger partial charge in [0.15, 0.2) is 0 Å². The zero-order valence-electron chi connectivity index (χ0n) is 12.7. The first-order valence-corrected chi connectivity index (χ1v) is 7.01. The fourth-order valence-electron chi connectivity index (χ4n) is 1.66. The van der Waals surface area contributed by atoms with Crippen molar-refractivity contribution < 1.29 is 14.5 Å². The van der Waals surface area contributed by atoms with Crippen LogP contribution in [0, 0.1) is 10.1 Å². The molecule has 0 saturated carbocycles. The number of benzene rings is 1. The number of alkyl carbamates (subject to hydrolysis) is 1. The summed E-state index contributed by atoms with van der Waals surface area (Å²) in [5.74, 6) is 0. The molecule has 1 rings (SSSR count). The Morgan fingerprint density at radius 3 is 2.36 bits per heavy atom. The Morgan fingerprint density at radius 2 is 1.95 bits per heavy atom. The van der Waals surface area contributed by atoms with Crippen LogP contribution >= 0.6 is 12.2 Å². The van der Waals surface area contributed by atoms with E-state index in [0.717, 1.165) is 5.56 Å². The van der Waals surface area contributed by atoms with Crippen LogP contribution in [0.25, 0.3) is 0 Å². The van der Waals surface area contributed by atoms with Crippen LogP contribution in [0.1, 0.15) is 26.3 Å². The van der Waals surface area contributed by atoms with E-state index in [1.807, 2.05) is 0 Å². The first kappa shape index (κ1) is 17.8. The van der Waals surface area contributed by atoms with E-state index in [1.54, 1.807) is 32.9 Å². The summed E-state index contributed by atoms with van der Waals surface area (Å²) in [5, 5.41) is 13.2. The molecular weight excluding hydrogens is 306 g/mol. The highest BCUT2D eigenvalue weighted by Crippen LogP contribution is 2.14. The van der Waals surface area contributed by atoms with Crippen molar-refractivity contribution in [3.05, 3.63) is 39.9 Å². The fourth-order valence-corrected chi connectivity index (χ4v) is 1.80.